The fourth-order valence-corrected chi connectivity index (χ4v) is 1.87. The van der Waals surface area contributed by atoms with Gasteiger partial charge in [0.1, 0.15) is 11.3 Å². The van der Waals surface area contributed by atoms with E-state index in [-0.39, 0.29) is 0 Å². The van der Waals surface area contributed by atoms with Gasteiger partial charge in [-0.3, -0.25) is 0 Å². The van der Waals surface area contributed by atoms with Gasteiger partial charge in [-0.15, -0.1) is 0 Å². The first-order valence-corrected chi connectivity index (χ1v) is 5.85. The lowest BCUT2D eigenvalue weighted by Crippen LogP contribution is -1.94. The van der Waals surface area contributed by atoms with Gasteiger partial charge in [-0.1, -0.05) is 0 Å². The average Bonchev–Trinajstić information content (AvgIpc) is 2.59. The Morgan fingerprint density at radius 2 is 2.27 bits per heavy atom. The largest absolute Gasteiger partial charge is 0.478 e. The smallest absolute Gasteiger partial charge is 0.335 e. The maximum absolute atomic E-state index is 10.7. The van der Waals surface area contributed by atoms with E-state index in [1.807, 2.05) is 12.3 Å². The van der Waals surface area contributed by atoms with Crippen LogP contribution in [0.25, 0.3) is 11.0 Å². The molecule has 0 aliphatic rings. The summed E-state index contributed by atoms with van der Waals surface area (Å²) in [5, 5.41) is 9.67. The number of aromatic carboxylic acids is 1. The van der Waals surface area contributed by atoms with Crippen molar-refractivity contribution in [2.24, 2.45) is 0 Å². The molecule has 1 N–H and O–H groups in total. The number of hydrogen-bond acceptors (Lipinski definition) is 3. The summed E-state index contributed by atoms with van der Waals surface area (Å²) in [6.45, 7) is 0. The molecule has 4 heteroatoms. The average molecular weight is 222 g/mol. The number of carbonyl (C=O) groups is 1. The maximum Gasteiger partial charge on any atom is 0.335 e. The third-order valence-corrected chi connectivity index (χ3v) is 2.67. The van der Waals surface area contributed by atoms with E-state index in [0.717, 1.165) is 22.5 Å². The number of carboxylic acid groups (broad SMARTS) is 1. The number of carboxylic acids is 1. The molecule has 1 aromatic heterocycles. The van der Waals surface area contributed by atoms with E-state index in [1.165, 1.54) is 0 Å². The molecule has 78 valence electrons. The van der Waals surface area contributed by atoms with Gasteiger partial charge in [0.25, 0.3) is 0 Å². The van der Waals surface area contributed by atoms with Crippen molar-refractivity contribution < 1.29 is 14.3 Å². The first-order chi connectivity index (χ1) is 7.20. The second-order valence-electron chi connectivity index (χ2n) is 3.20. The van der Waals surface area contributed by atoms with Crippen LogP contribution in [-0.4, -0.2) is 17.3 Å². The molecule has 0 aliphatic carbocycles. The van der Waals surface area contributed by atoms with Gasteiger partial charge in [0.2, 0.25) is 0 Å². The Hall–Kier alpha value is -1.42. The van der Waals surface area contributed by atoms with Gasteiger partial charge in [-0.25, -0.2) is 4.79 Å². The molecular formula is C11H10O3S. The summed E-state index contributed by atoms with van der Waals surface area (Å²) in [5.41, 5.74) is 1.03. The fraction of sp³-hybridized carbons (Fsp3) is 0.182. The normalized spacial score (nSPS) is 10.7. The zero-order chi connectivity index (χ0) is 10.8. The molecule has 0 bridgehead atoms. The van der Waals surface area contributed by atoms with Gasteiger partial charge in [-0.05, 0) is 30.5 Å². The minimum Gasteiger partial charge on any atom is -0.478 e. The van der Waals surface area contributed by atoms with E-state index in [0.29, 0.717) is 5.56 Å². The molecule has 3 nitrogen and oxygen atoms in total. The van der Waals surface area contributed by atoms with E-state index in [2.05, 4.69) is 0 Å². The Labute approximate surface area is 91.1 Å². The zero-order valence-electron chi connectivity index (χ0n) is 8.19. The highest BCUT2D eigenvalue weighted by Gasteiger charge is 2.07. The van der Waals surface area contributed by atoms with Gasteiger partial charge >= 0.3 is 5.97 Å². The number of furan rings is 1. The number of fused-ring (bicyclic) bond motifs is 1. The van der Waals surface area contributed by atoms with Crippen molar-refractivity contribution in [3.63, 3.8) is 0 Å². The topological polar surface area (TPSA) is 50.4 Å². The maximum atomic E-state index is 10.7. The summed E-state index contributed by atoms with van der Waals surface area (Å²) in [6.07, 6.45) is 2.00. The SMILES string of the molecule is CSCc1cc2cc(C(=O)O)ccc2o1. The van der Waals surface area contributed by atoms with Crippen molar-refractivity contribution in [2.75, 3.05) is 6.26 Å². The minimum atomic E-state index is -0.912. The lowest BCUT2D eigenvalue weighted by atomic mass is 10.1. The summed E-state index contributed by atoms with van der Waals surface area (Å²) < 4.78 is 5.53. The summed E-state index contributed by atoms with van der Waals surface area (Å²) >= 11 is 1.67. The molecule has 0 saturated heterocycles. The van der Waals surface area contributed by atoms with Crippen LogP contribution in [0, 0.1) is 0 Å². The van der Waals surface area contributed by atoms with Crippen LogP contribution < -0.4 is 0 Å². The van der Waals surface area contributed by atoms with Crippen LogP contribution in [-0.2, 0) is 5.75 Å². The quantitative estimate of drug-likeness (QED) is 0.867. The molecule has 15 heavy (non-hydrogen) atoms. The van der Waals surface area contributed by atoms with Gasteiger partial charge in [0.05, 0.1) is 11.3 Å². The monoisotopic (exact) mass is 222 g/mol. The molecule has 2 rings (SSSR count). The summed E-state index contributed by atoms with van der Waals surface area (Å²) in [4.78, 5) is 10.7. The van der Waals surface area contributed by atoms with Crippen LogP contribution >= 0.6 is 11.8 Å². The summed E-state index contributed by atoms with van der Waals surface area (Å²) in [7, 11) is 0. The van der Waals surface area contributed by atoms with Crippen molar-refractivity contribution in [2.45, 2.75) is 5.75 Å². The Balaban J connectivity index is 2.47. The molecule has 0 spiro atoms. The predicted molar refractivity (Wildman–Crippen MR) is 60.4 cm³/mol. The first kappa shape index (κ1) is 10.1. The number of rotatable bonds is 3. The van der Waals surface area contributed by atoms with Gasteiger partial charge in [0, 0.05) is 5.39 Å². The molecule has 0 radical (unpaired) electrons. The fourth-order valence-electron chi connectivity index (χ4n) is 1.44. The third kappa shape index (κ3) is 1.99. The molecule has 1 heterocycles. The summed E-state index contributed by atoms with van der Waals surface area (Å²) in [6, 6.07) is 6.77. The lowest BCUT2D eigenvalue weighted by molar-refractivity contribution is 0.0697. The van der Waals surface area contributed by atoms with E-state index in [1.54, 1.807) is 30.0 Å². The van der Waals surface area contributed by atoms with Crippen molar-refractivity contribution in [3.05, 3.63) is 35.6 Å². The highest BCUT2D eigenvalue weighted by Crippen LogP contribution is 2.23. The Morgan fingerprint density at radius 3 is 2.93 bits per heavy atom. The Bertz CT molecular complexity index is 502. The molecular weight excluding hydrogens is 212 g/mol. The minimum absolute atomic E-state index is 0.291. The predicted octanol–water partition coefficient (Wildman–Crippen LogP) is 2.99. The van der Waals surface area contributed by atoms with E-state index in [4.69, 9.17) is 9.52 Å². The Kier molecular flexibility index (Phi) is 2.68. The number of hydrogen-bond donors (Lipinski definition) is 1. The second kappa shape index (κ2) is 3.98. The van der Waals surface area contributed by atoms with Crippen molar-refractivity contribution in [3.8, 4) is 0 Å². The number of thioether (sulfide) groups is 1. The van der Waals surface area contributed by atoms with Crippen molar-refractivity contribution in [1.29, 1.82) is 0 Å². The van der Waals surface area contributed by atoms with E-state index < -0.39 is 5.97 Å². The third-order valence-electron chi connectivity index (χ3n) is 2.10. The molecule has 2 aromatic rings. The Morgan fingerprint density at radius 1 is 1.47 bits per heavy atom. The molecule has 1 aromatic carbocycles. The van der Waals surface area contributed by atoms with Crippen LogP contribution in [0.4, 0.5) is 0 Å². The van der Waals surface area contributed by atoms with Crippen LogP contribution in [0.2, 0.25) is 0 Å². The van der Waals surface area contributed by atoms with E-state index >= 15 is 0 Å². The zero-order valence-corrected chi connectivity index (χ0v) is 9.00. The highest BCUT2D eigenvalue weighted by molar-refractivity contribution is 7.97. The van der Waals surface area contributed by atoms with Crippen LogP contribution in [0.15, 0.2) is 28.7 Å². The lowest BCUT2D eigenvalue weighted by Gasteiger charge is -1.92. The first-order valence-electron chi connectivity index (χ1n) is 4.45. The van der Waals surface area contributed by atoms with Crippen molar-refractivity contribution >= 4 is 28.7 Å². The van der Waals surface area contributed by atoms with Crippen LogP contribution in [0.3, 0.4) is 0 Å². The molecule has 0 fully saturated rings. The van der Waals surface area contributed by atoms with Crippen molar-refractivity contribution in [1.82, 2.24) is 0 Å². The number of benzene rings is 1. The standard InChI is InChI=1S/C11H10O3S/c1-15-6-9-5-8-4-7(11(12)13)2-3-10(8)14-9/h2-5H,6H2,1H3,(H,12,13). The molecule has 0 aliphatic heterocycles. The highest BCUT2D eigenvalue weighted by atomic mass is 32.2. The summed E-state index contributed by atoms with van der Waals surface area (Å²) in [5.74, 6) is 0.765. The van der Waals surface area contributed by atoms with Crippen LogP contribution in [0.1, 0.15) is 16.1 Å². The van der Waals surface area contributed by atoms with E-state index in [9.17, 15) is 4.79 Å². The van der Waals surface area contributed by atoms with Gasteiger partial charge in [0.15, 0.2) is 0 Å². The van der Waals surface area contributed by atoms with Crippen LogP contribution in [0.5, 0.6) is 0 Å². The van der Waals surface area contributed by atoms with Gasteiger partial charge < -0.3 is 9.52 Å². The molecule has 0 unspecified atom stereocenters. The second-order valence-corrected chi connectivity index (χ2v) is 4.07. The molecule has 0 saturated carbocycles. The van der Waals surface area contributed by atoms with Gasteiger partial charge in [-0.2, -0.15) is 11.8 Å². The molecule has 0 amide bonds. The molecule has 0 atom stereocenters.